The third kappa shape index (κ3) is 26.5. The highest BCUT2D eigenvalue weighted by molar-refractivity contribution is 5.88. The van der Waals surface area contributed by atoms with E-state index in [1.807, 2.05) is 0 Å². The van der Waals surface area contributed by atoms with Crippen LogP contribution in [0.3, 0.4) is 0 Å². The van der Waals surface area contributed by atoms with Crippen LogP contribution in [0, 0.1) is 0 Å². The van der Waals surface area contributed by atoms with Gasteiger partial charge in [0.05, 0.1) is 52.7 Å². The van der Waals surface area contributed by atoms with Crippen molar-refractivity contribution in [2.45, 2.75) is 113 Å². The number of rotatable bonds is 30. The van der Waals surface area contributed by atoms with E-state index >= 15 is 0 Å². The van der Waals surface area contributed by atoms with Gasteiger partial charge in [0, 0.05) is 183 Å². The Morgan fingerprint density at radius 1 is 0.294 bits per heavy atom. The Kier molecular flexibility index (Phi) is 15.6. The number of amides is 6. The molecule has 126 heavy (non-hydrogen) atoms. The summed E-state index contributed by atoms with van der Waals surface area (Å²) in [5.41, 5.74) is 7.36. The number of cyclic esters (lactones) is 6. The quantitative estimate of drug-likeness (QED) is 0.0186. The standard InChI is InChI=1S/6C16H21N3O2/c6*1-19(2)6-5-12-9-17-15-4-3-11(8-14(12)15)7-13-10-21-16(20)18-13/h6*3-4,8-9,13,17H,5-7,10H2,1-2H3,(H,18,20)/t6*13-/m000000/s1/i1D3,2D3,6D2,10D2;1D3,2D3,5D2,10D2;1D3,6D2,10D2;1D3,5D2,10D2;6D2,10D2;5D2,10D2/hD12. The first kappa shape index (κ1) is 44.9. The summed E-state index contributed by atoms with van der Waals surface area (Å²) in [7, 11) is 9.29. The molecule has 12 aromatic rings. The molecule has 6 atom stereocenters. The number of hydrogen-bond acceptors (Lipinski definition) is 18. The number of likely N-dealkylation sites (N-methyl/N-ethyl adjacent to an activating group) is 6. The number of hydrogen-bond donors (Lipinski definition) is 12. The monoisotopic (exact) mass is 1780 g/mol. The molecule has 6 saturated heterocycles. The zero-order valence-corrected chi connectivity index (χ0v) is 68.8. The predicted octanol–water partition coefficient (Wildman–Crippen LogP) is 11.5. The molecule has 6 fully saturated rings. The van der Waals surface area contributed by atoms with Crippen molar-refractivity contribution in [1.82, 2.24) is 91.1 Å². The van der Waals surface area contributed by atoms with Crippen molar-refractivity contribution in [3.63, 3.8) is 0 Å². The number of nitrogens with one attached hydrogen (secondary N) is 12. The second-order valence-electron chi connectivity index (χ2n) is 29.5. The molecule has 672 valence electrons. The van der Waals surface area contributed by atoms with Crippen LogP contribution < -0.4 is 31.9 Å². The molecular weight excluding hydrogens is 1600 g/mol. The third-order valence-electron chi connectivity index (χ3n) is 19.2. The summed E-state index contributed by atoms with van der Waals surface area (Å²) in [6.45, 7) is -39.8. The minimum atomic E-state index is -3.25. The molecule has 0 radical (unpaired) electrons. The van der Waals surface area contributed by atoms with Gasteiger partial charge in [-0.25, -0.2) is 28.8 Å². The molecule has 6 aromatic heterocycles. The molecule has 6 aromatic carbocycles. The number of fused-ring (bicyclic) bond motifs is 6. The van der Waals surface area contributed by atoms with Gasteiger partial charge >= 0.3 is 36.6 Å². The van der Waals surface area contributed by atoms with E-state index in [2.05, 4.69) is 28.4 Å². The van der Waals surface area contributed by atoms with Gasteiger partial charge in [0.2, 0.25) is 0 Å². The first-order valence-electron chi connectivity index (χ1n) is 65.4. The number of aromatic amines is 6. The number of carbonyl (C=O) groups excluding carboxylic acids is 6. The number of alkyl carbamates (subject to hydrolysis) is 6. The van der Waals surface area contributed by atoms with Crippen molar-refractivity contribution in [2.24, 2.45) is 0 Å². The van der Waals surface area contributed by atoms with E-state index < -0.39 is 212 Å². The van der Waals surface area contributed by atoms with E-state index in [0.29, 0.717) is 141 Å². The van der Waals surface area contributed by atoms with Crippen LogP contribution >= 0.6 is 0 Å². The minimum Gasteiger partial charge on any atom is -0.447 e. The molecule has 30 nitrogen and oxygen atoms in total. The zero-order chi connectivity index (χ0) is 136. The van der Waals surface area contributed by atoms with Gasteiger partial charge in [0.1, 0.15) is 39.4 Å². The SMILES string of the molecule is [2H]N1C(=O)OC([2H])([2H])[C@@H]1Cc1ccc2c(c1)c(C([2H])([2H])CN(C([2H])([2H])[2H])C([2H])([2H])[2H])cn2[2H].[2H]N1C(=O)OC([2H])([2H])[C@@H]1Cc1ccc2c(c1)c(C([2H])([2H])CN(C)C([2H])([2H])[2H])cn2[2H].[2H]N1C(=O)OC([2H])([2H])[C@@H]1Cc1ccc2c(c1)c(C([2H])([2H])CN(C)C)cn2[2H].[2H]N1C(=O)OC([2H])([2H])[C@@H]1Cc1ccc2c(c1)c(CC([2H])([2H])N(C([2H])([2H])[2H])C([2H])([2H])[2H])cn2[2H].[2H]N1C(=O)OC([2H])([2H])[C@@H]1Cc1ccc2c(c1)c(CC([2H])([2H])N(C)C([2H])([2H])[2H])cn2[2H].[2H]N1C(=O)OC([2H])([2H])[C@@H]1Cc1ccc2c(c1)c(CC([2H])([2H])N(C)C)cn2[2H]. The average molecular weight is 1780 g/mol. The zero-order valence-electron chi connectivity index (χ0n) is 123. The molecule has 0 unspecified atom stereocenters. The lowest BCUT2D eigenvalue weighted by atomic mass is 10.0. The van der Waals surface area contributed by atoms with Crippen LogP contribution in [0.4, 0.5) is 28.8 Å². The fourth-order valence-corrected chi connectivity index (χ4v) is 13.3. The predicted molar refractivity (Wildman–Crippen MR) is 495 cm³/mol. The van der Waals surface area contributed by atoms with Crippen LogP contribution in [0.5, 0.6) is 0 Å². The van der Waals surface area contributed by atoms with Crippen LogP contribution in [0.1, 0.15) is 124 Å². The smallest absolute Gasteiger partial charge is 0.407 e. The summed E-state index contributed by atoms with van der Waals surface area (Å²) < 4.78 is 450. The Balaban J connectivity index is 0.000000176. The van der Waals surface area contributed by atoms with Crippen molar-refractivity contribution in [3.05, 3.63) is 213 Å². The molecule has 12 heterocycles. The summed E-state index contributed by atoms with van der Waals surface area (Å²) >= 11 is 0. The number of carbonyl (C=O) groups is 6. The highest BCUT2D eigenvalue weighted by atomic mass is 16.6. The number of ether oxygens (including phenoxy) is 6. The lowest BCUT2D eigenvalue weighted by Crippen LogP contribution is -2.28. The Bertz CT molecular complexity index is 8220. The summed E-state index contributed by atoms with van der Waals surface area (Å²) in [6.07, 6.45) is -5.84. The van der Waals surface area contributed by atoms with Crippen molar-refractivity contribution < 1.29 is 132 Å². The Labute approximate surface area is 813 Å². The van der Waals surface area contributed by atoms with Gasteiger partial charge < -0.3 is 120 Å². The van der Waals surface area contributed by atoms with Crippen molar-refractivity contribution in [1.29, 1.82) is 0 Å². The molecule has 0 bridgehead atoms. The molecule has 6 amide bonds. The van der Waals surface area contributed by atoms with E-state index in [0.717, 1.165) is 36.0 Å². The molecule has 12 N–H and O–H groups in total. The largest absolute Gasteiger partial charge is 0.447 e. The third-order valence-corrected chi connectivity index (χ3v) is 19.2. The molecule has 0 saturated carbocycles. The van der Waals surface area contributed by atoms with E-state index in [1.165, 1.54) is 79.1 Å². The average Bonchev–Trinajstić information content (AvgIpc) is 1.59. The second-order valence-corrected chi connectivity index (χ2v) is 29.5. The molecular formula is C96H126N18O12. The van der Waals surface area contributed by atoms with Crippen molar-refractivity contribution >= 4 is 102 Å². The van der Waals surface area contributed by atoms with Gasteiger partial charge in [-0.05, 0) is 301 Å². The van der Waals surface area contributed by atoms with Crippen molar-refractivity contribution in [3.8, 4) is 0 Å². The van der Waals surface area contributed by atoms with Crippen LogP contribution in [0.15, 0.2) is 146 Å². The normalized spacial score (nSPS) is 28.7. The Morgan fingerprint density at radius 3 is 0.730 bits per heavy atom. The number of nitrogens with zero attached hydrogens (tertiary/aromatic N) is 6. The van der Waals surface area contributed by atoms with E-state index in [1.54, 1.807) is 118 Å². The summed E-state index contributed by atoms with van der Waals surface area (Å²) in [4.78, 5) is 80.0. The van der Waals surface area contributed by atoms with Gasteiger partial charge in [0.25, 0.3) is 0 Å². The van der Waals surface area contributed by atoms with E-state index in [9.17, 15) is 28.8 Å². The van der Waals surface area contributed by atoms with Gasteiger partial charge in [-0.15, -0.1) is 0 Å². The maximum absolute atomic E-state index is 11.6. The first-order chi connectivity index (χ1) is 81.8. The Morgan fingerprint density at radius 2 is 0.508 bits per heavy atom. The van der Waals surface area contributed by atoms with Gasteiger partial charge in [-0.2, -0.15) is 0 Å². The lowest BCUT2D eigenvalue weighted by molar-refractivity contribution is 0.176. The number of aryl methyl sites for hydroxylation is 3. The van der Waals surface area contributed by atoms with E-state index in [4.69, 9.17) is 74.5 Å². The van der Waals surface area contributed by atoms with Crippen molar-refractivity contribution in [2.75, 3.05) is 163 Å². The Hall–Kier alpha value is -12.1. The number of H-pyrrole nitrogens is 6. The minimum absolute atomic E-state index is 0.0249. The van der Waals surface area contributed by atoms with Crippen LogP contribution in [-0.4, -0.2) is 295 Å². The molecule has 0 aliphatic carbocycles. The van der Waals surface area contributed by atoms with Crippen LogP contribution in [-0.2, 0) is 105 Å². The molecule has 6 aliphatic rings. The number of benzene rings is 6. The number of aromatic nitrogens is 6. The highest BCUT2D eigenvalue weighted by Crippen LogP contribution is 2.29. The maximum Gasteiger partial charge on any atom is 0.407 e. The summed E-state index contributed by atoms with van der Waals surface area (Å²) in [5.74, 6) is 0. The van der Waals surface area contributed by atoms with Gasteiger partial charge in [-0.1, -0.05) is 36.4 Å². The van der Waals surface area contributed by atoms with Gasteiger partial charge in [-0.3, -0.25) is 0 Å². The topological polar surface area (TPSA) is 344 Å². The fraction of sp³-hybridized carbons (Fsp3) is 0.438. The highest BCUT2D eigenvalue weighted by Gasteiger charge is 2.29. The summed E-state index contributed by atoms with van der Waals surface area (Å²) in [6, 6.07) is 21.7. The second kappa shape index (κ2) is 43.7. The molecule has 18 rings (SSSR count). The van der Waals surface area contributed by atoms with Crippen LogP contribution in [0.2, 0.25) is 16.9 Å². The molecule has 6 aliphatic heterocycles. The van der Waals surface area contributed by atoms with Crippen LogP contribution in [0.25, 0.3) is 65.4 Å². The first-order valence-corrected chi connectivity index (χ1v) is 39.0. The maximum atomic E-state index is 11.6. The van der Waals surface area contributed by atoms with Gasteiger partial charge in [0.15, 0.2) is 16.9 Å². The lowest BCUT2D eigenvalue weighted by Gasteiger charge is -2.09. The summed E-state index contributed by atoms with van der Waals surface area (Å²) in [5, 5.41) is 5.28. The molecule has 30 heteroatoms. The van der Waals surface area contributed by atoms with E-state index in [-0.39, 0.29) is 95.3 Å². The molecule has 0 spiro atoms. The fourth-order valence-electron chi connectivity index (χ4n) is 13.3.